The number of H-pyrrole nitrogens is 1. The lowest BCUT2D eigenvalue weighted by Gasteiger charge is -2.19. The molecule has 1 aliphatic heterocycles. The normalized spacial score (nSPS) is 16.5. The highest BCUT2D eigenvalue weighted by atomic mass is 79.9. The summed E-state index contributed by atoms with van der Waals surface area (Å²) in [5.41, 5.74) is 4.90. The van der Waals surface area contributed by atoms with Gasteiger partial charge in [-0.1, -0.05) is 11.6 Å². The summed E-state index contributed by atoms with van der Waals surface area (Å²) in [6.07, 6.45) is -2.42. The van der Waals surface area contributed by atoms with Crippen molar-refractivity contribution in [2.45, 2.75) is 18.6 Å². The van der Waals surface area contributed by atoms with Crippen molar-refractivity contribution in [1.82, 2.24) is 15.0 Å². The van der Waals surface area contributed by atoms with Gasteiger partial charge in [0.15, 0.2) is 0 Å². The average Bonchev–Trinajstić information content (AvgIpc) is 3.11. The highest BCUT2D eigenvalue weighted by molar-refractivity contribution is 9.10. The van der Waals surface area contributed by atoms with Crippen molar-refractivity contribution in [1.29, 1.82) is 0 Å². The largest absolute Gasteiger partial charge is 0.417 e. The predicted octanol–water partition coefficient (Wildman–Crippen LogP) is 4.46. The van der Waals surface area contributed by atoms with Crippen LogP contribution in [0.1, 0.15) is 12.0 Å². The van der Waals surface area contributed by atoms with Crippen LogP contribution in [0.4, 0.5) is 30.6 Å². The number of fused-ring (bicyclic) bond motifs is 1. The molecule has 1 atom stereocenters. The number of nitrogens with one attached hydrogen (secondary N) is 2. The standard InChI is InChI=1S/C18H15BrClF3N6O.ClH/c19-11-6-25-16(30)13-14(11)27-17(29-4-3-8(24)7-29)28-15(13)26-9-1-2-12(20)10(5-9)18(21,22)23;/h1-2,5-6,8H,3-4,7,24H2,(H,25,30)(H,26,27,28);1H. The van der Waals surface area contributed by atoms with Gasteiger partial charge in [-0.15, -0.1) is 12.4 Å². The number of benzene rings is 1. The van der Waals surface area contributed by atoms with Gasteiger partial charge in [0, 0.05) is 31.0 Å². The topological polar surface area (TPSA) is 99.9 Å². The van der Waals surface area contributed by atoms with Gasteiger partial charge in [-0.2, -0.15) is 18.2 Å². The Morgan fingerprint density at radius 2 is 2.06 bits per heavy atom. The van der Waals surface area contributed by atoms with Gasteiger partial charge in [-0.3, -0.25) is 4.79 Å². The van der Waals surface area contributed by atoms with Gasteiger partial charge in [-0.05, 0) is 40.5 Å². The fourth-order valence-electron chi connectivity index (χ4n) is 3.26. The fourth-order valence-corrected chi connectivity index (χ4v) is 3.89. The zero-order chi connectivity index (χ0) is 21.6. The van der Waals surface area contributed by atoms with Gasteiger partial charge in [0.05, 0.1) is 20.6 Å². The molecule has 1 unspecified atom stereocenters. The molecule has 4 N–H and O–H groups in total. The lowest BCUT2D eigenvalue weighted by molar-refractivity contribution is -0.137. The van der Waals surface area contributed by atoms with Crippen LogP contribution in [0.5, 0.6) is 0 Å². The van der Waals surface area contributed by atoms with Crippen molar-refractivity contribution >= 4 is 68.3 Å². The van der Waals surface area contributed by atoms with E-state index in [4.69, 9.17) is 17.3 Å². The Hall–Kier alpha value is -2.08. The van der Waals surface area contributed by atoms with Gasteiger partial charge in [-0.25, -0.2) is 4.98 Å². The molecule has 7 nitrogen and oxygen atoms in total. The summed E-state index contributed by atoms with van der Waals surface area (Å²) in [5, 5.41) is 2.51. The Morgan fingerprint density at radius 1 is 1.32 bits per heavy atom. The van der Waals surface area contributed by atoms with E-state index in [2.05, 4.69) is 36.2 Å². The van der Waals surface area contributed by atoms with E-state index < -0.39 is 22.3 Å². The Bertz CT molecular complexity index is 1190. The molecule has 3 aromatic rings. The highest BCUT2D eigenvalue weighted by Crippen LogP contribution is 2.37. The van der Waals surface area contributed by atoms with Crippen molar-refractivity contribution < 1.29 is 13.2 Å². The van der Waals surface area contributed by atoms with Crippen molar-refractivity contribution in [2.75, 3.05) is 23.3 Å². The molecule has 0 aliphatic carbocycles. The van der Waals surface area contributed by atoms with Crippen LogP contribution in [-0.2, 0) is 6.18 Å². The first-order chi connectivity index (χ1) is 14.1. The van der Waals surface area contributed by atoms with Crippen LogP contribution in [0.2, 0.25) is 5.02 Å². The Morgan fingerprint density at radius 3 is 2.71 bits per heavy atom. The van der Waals surface area contributed by atoms with Gasteiger partial charge >= 0.3 is 6.18 Å². The monoisotopic (exact) mass is 538 g/mol. The number of anilines is 3. The van der Waals surface area contributed by atoms with Crippen LogP contribution in [0.15, 0.2) is 33.7 Å². The molecule has 4 rings (SSSR count). The molecule has 0 bridgehead atoms. The number of aromatic nitrogens is 3. The van der Waals surface area contributed by atoms with E-state index in [0.29, 0.717) is 29.0 Å². The number of rotatable bonds is 3. The third-order valence-corrected chi connectivity index (χ3v) is 5.66. The maximum atomic E-state index is 13.2. The summed E-state index contributed by atoms with van der Waals surface area (Å²) in [5.74, 6) is 0.405. The molecule has 0 amide bonds. The second-order valence-electron chi connectivity index (χ2n) is 6.87. The second-order valence-corrected chi connectivity index (χ2v) is 8.14. The lowest BCUT2D eigenvalue weighted by Crippen LogP contribution is -2.28. The number of alkyl halides is 3. The molecule has 1 fully saturated rings. The van der Waals surface area contributed by atoms with Crippen molar-refractivity contribution in [3.63, 3.8) is 0 Å². The first-order valence-electron chi connectivity index (χ1n) is 8.86. The maximum Gasteiger partial charge on any atom is 0.417 e. The smallest absolute Gasteiger partial charge is 0.339 e. The maximum absolute atomic E-state index is 13.2. The first-order valence-corrected chi connectivity index (χ1v) is 10.0. The third kappa shape index (κ3) is 4.74. The number of nitrogens with two attached hydrogens (primary N) is 1. The summed E-state index contributed by atoms with van der Waals surface area (Å²) < 4.78 is 40.2. The van der Waals surface area contributed by atoms with E-state index in [1.165, 1.54) is 12.3 Å². The minimum atomic E-state index is -4.63. The molecule has 0 saturated carbocycles. The lowest BCUT2D eigenvalue weighted by atomic mass is 10.2. The molecule has 1 aromatic carbocycles. The Labute approximate surface area is 193 Å². The van der Waals surface area contributed by atoms with E-state index in [0.717, 1.165) is 18.6 Å². The zero-order valence-corrected chi connectivity index (χ0v) is 18.8. The van der Waals surface area contributed by atoms with E-state index in [-0.39, 0.29) is 35.3 Å². The van der Waals surface area contributed by atoms with E-state index in [1.54, 1.807) is 0 Å². The number of pyridine rings is 1. The average molecular weight is 540 g/mol. The molecule has 1 saturated heterocycles. The zero-order valence-electron chi connectivity index (χ0n) is 15.6. The van der Waals surface area contributed by atoms with Crippen LogP contribution in [0.25, 0.3) is 10.9 Å². The van der Waals surface area contributed by atoms with Crippen LogP contribution < -0.4 is 21.5 Å². The van der Waals surface area contributed by atoms with Crippen molar-refractivity contribution in [3.8, 4) is 0 Å². The minimum Gasteiger partial charge on any atom is -0.339 e. The molecule has 2 aromatic heterocycles. The second kappa shape index (κ2) is 8.81. The molecule has 3 heterocycles. The van der Waals surface area contributed by atoms with Crippen molar-refractivity contribution in [2.24, 2.45) is 5.73 Å². The predicted molar refractivity (Wildman–Crippen MR) is 120 cm³/mol. The number of hydrogen-bond donors (Lipinski definition) is 3. The summed E-state index contributed by atoms with van der Waals surface area (Å²) in [4.78, 5) is 25.8. The Balaban J connectivity index is 0.00000272. The fraction of sp³-hybridized carbons (Fsp3) is 0.278. The summed E-state index contributed by atoms with van der Waals surface area (Å²) in [6.45, 7) is 1.16. The number of aromatic amines is 1. The van der Waals surface area contributed by atoms with Crippen molar-refractivity contribution in [3.05, 3.63) is 49.8 Å². The molecule has 166 valence electrons. The summed E-state index contributed by atoms with van der Waals surface area (Å²) >= 11 is 9.05. The molecule has 0 radical (unpaired) electrons. The van der Waals surface area contributed by atoms with Gasteiger partial charge in [0.25, 0.3) is 5.56 Å². The van der Waals surface area contributed by atoms with E-state index >= 15 is 0 Å². The van der Waals surface area contributed by atoms with Crippen LogP contribution in [-0.4, -0.2) is 34.1 Å². The molecule has 0 spiro atoms. The summed E-state index contributed by atoms with van der Waals surface area (Å²) in [6, 6.07) is 3.35. The van der Waals surface area contributed by atoms with Crippen LogP contribution >= 0.6 is 39.9 Å². The van der Waals surface area contributed by atoms with E-state index in [1.807, 2.05) is 4.90 Å². The molecule has 13 heteroatoms. The number of halogens is 6. The third-order valence-electron chi connectivity index (χ3n) is 4.72. The van der Waals surface area contributed by atoms with Crippen LogP contribution in [0.3, 0.4) is 0 Å². The Kier molecular flexibility index (Phi) is 6.70. The SMILES string of the molecule is Cl.NC1CCN(c2nc(Nc3ccc(Cl)c(C(F)(F)F)c3)c3c(=O)[nH]cc(Br)c3n2)C1. The number of nitrogens with zero attached hydrogens (tertiary/aromatic N) is 3. The van der Waals surface area contributed by atoms with Gasteiger partial charge in [0.1, 0.15) is 11.2 Å². The first kappa shape index (κ1) is 23.6. The highest BCUT2D eigenvalue weighted by Gasteiger charge is 2.33. The summed E-state index contributed by atoms with van der Waals surface area (Å²) in [7, 11) is 0. The molecule has 31 heavy (non-hydrogen) atoms. The van der Waals surface area contributed by atoms with Crippen LogP contribution in [0, 0.1) is 0 Å². The molecular weight excluding hydrogens is 524 g/mol. The quantitative estimate of drug-likeness (QED) is 0.454. The van der Waals surface area contributed by atoms with E-state index in [9.17, 15) is 18.0 Å². The van der Waals surface area contributed by atoms with Gasteiger partial charge < -0.3 is 20.9 Å². The minimum absolute atomic E-state index is 0. The number of hydrogen-bond acceptors (Lipinski definition) is 6. The van der Waals surface area contributed by atoms with Gasteiger partial charge in [0.2, 0.25) is 5.95 Å². The molecule has 1 aliphatic rings. The molecular formula is C18H16BrCl2F3N6O.